The molecule has 96 valence electrons. The molecule has 0 aromatic heterocycles. The summed E-state index contributed by atoms with van der Waals surface area (Å²) in [4.78, 5) is 0. The van der Waals surface area contributed by atoms with Crippen LogP contribution in [0.3, 0.4) is 0 Å². The normalized spacial score (nSPS) is 12.8. The average molecular weight is 235 g/mol. The van der Waals surface area contributed by atoms with Gasteiger partial charge in [-0.05, 0) is 42.9 Å². The van der Waals surface area contributed by atoms with Gasteiger partial charge < -0.3 is 10.4 Å². The van der Waals surface area contributed by atoms with E-state index in [1.54, 1.807) is 0 Å². The molecule has 0 radical (unpaired) electrons. The lowest BCUT2D eigenvalue weighted by molar-refractivity contribution is 0.288. The summed E-state index contributed by atoms with van der Waals surface area (Å²) in [5.41, 5.74) is 2.49. The van der Waals surface area contributed by atoms with Gasteiger partial charge in [0.05, 0.1) is 0 Å². The van der Waals surface area contributed by atoms with Crippen LogP contribution in [0.15, 0.2) is 24.3 Å². The highest BCUT2D eigenvalue weighted by Gasteiger charge is 2.10. The first-order valence-corrected chi connectivity index (χ1v) is 6.63. The molecule has 17 heavy (non-hydrogen) atoms. The smallest absolute Gasteiger partial charge is 0.0434 e. The summed E-state index contributed by atoms with van der Waals surface area (Å²) in [5.74, 6) is 0.640. The monoisotopic (exact) mass is 235 g/mol. The largest absolute Gasteiger partial charge is 0.396 e. The highest BCUT2D eigenvalue weighted by Crippen LogP contribution is 2.17. The van der Waals surface area contributed by atoms with Gasteiger partial charge in [-0.3, -0.25) is 0 Å². The SMILES string of the molecule is CCC(Nc1cccc(CCCO)c1)C(C)C. The van der Waals surface area contributed by atoms with Crippen molar-refractivity contribution in [1.82, 2.24) is 0 Å². The summed E-state index contributed by atoms with van der Waals surface area (Å²) in [7, 11) is 0. The fourth-order valence-corrected chi connectivity index (χ4v) is 2.05. The van der Waals surface area contributed by atoms with Gasteiger partial charge in [0.25, 0.3) is 0 Å². The van der Waals surface area contributed by atoms with Crippen LogP contribution in [0, 0.1) is 5.92 Å². The molecule has 0 spiro atoms. The first-order chi connectivity index (χ1) is 8.17. The van der Waals surface area contributed by atoms with Crippen molar-refractivity contribution in [2.45, 2.75) is 46.1 Å². The molecule has 2 nitrogen and oxygen atoms in total. The lowest BCUT2D eigenvalue weighted by Gasteiger charge is -2.22. The van der Waals surface area contributed by atoms with Gasteiger partial charge in [0, 0.05) is 18.3 Å². The average Bonchev–Trinajstić information content (AvgIpc) is 2.33. The standard InChI is InChI=1S/C15H25NO/c1-4-15(12(2)3)16-14-9-5-7-13(11-14)8-6-10-17/h5,7,9,11-12,15-17H,4,6,8,10H2,1-3H3. The molecule has 0 saturated carbocycles. The van der Waals surface area contributed by atoms with Crippen LogP contribution in [0.4, 0.5) is 5.69 Å². The Hall–Kier alpha value is -1.02. The quantitative estimate of drug-likeness (QED) is 0.758. The first kappa shape index (κ1) is 14.0. The van der Waals surface area contributed by atoms with E-state index in [0.717, 1.165) is 19.3 Å². The summed E-state index contributed by atoms with van der Waals surface area (Å²) in [6.45, 7) is 6.97. The molecule has 1 atom stereocenters. The highest BCUT2D eigenvalue weighted by atomic mass is 16.2. The van der Waals surface area contributed by atoms with Gasteiger partial charge in [0.15, 0.2) is 0 Å². The Balaban J connectivity index is 2.64. The molecule has 2 heteroatoms. The second-order valence-electron chi connectivity index (χ2n) is 4.93. The first-order valence-electron chi connectivity index (χ1n) is 6.63. The van der Waals surface area contributed by atoms with Crippen molar-refractivity contribution in [1.29, 1.82) is 0 Å². The van der Waals surface area contributed by atoms with Crippen molar-refractivity contribution >= 4 is 5.69 Å². The summed E-state index contributed by atoms with van der Waals surface area (Å²) in [5, 5.41) is 12.4. The zero-order valence-electron chi connectivity index (χ0n) is 11.2. The third-order valence-electron chi connectivity index (χ3n) is 3.15. The Kier molecular flexibility index (Phi) is 6.06. The lowest BCUT2D eigenvalue weighted by atomic mass is 10.0. The molecule has 0 aliphatic carbocycles. The van der Waals surface area contributed by atoms with E-state index in [-0.39, 0.29) is 6.61 Å². The molecule has 2 N–H and O–H groups in total. The van der Waals surface area contributed by atoms with E-state index in [1.807, 2.05) is 0 Å². The zero-order chi connectivity index (χ0) is 12.7. The topological polar surface area (TPSA) is 32.3 Å². The molecular formula is C15H25NO. The van der Waals surface area contributed by atoms with Crippen molar-refractivity contribution in [2.24, 2.45) is 5.92 Å². The molecular weight excluding hydrogens is 210 g/mol. The van der Waals surface area contributed by atoms with Crippen molar-refractivity contribution in [3.8, 4) is 0 Å². The fraction of sp³-hybridized carbons (Fsp3) is 0.600. The number of aryl methyl sites for hydroxylation is 1. The predicted molar refractivity (Wildman–Crippen MR) is 74.4 cm³/mol. The van der Waals surface area contributed by atoms with Gasteiger partial charge in [-0.1, -0.05) is 32.9 Å². The summed E-state index contributed by atoms with van der Waals surface area (Å²) < 4.78 is 0. The molecule has 1 rings (SSSR count). The summed E-state index contributed by atoms with van der Waals surface area (Å²) in [6.07, 6.45) is 2.92. The lowest BCUT2D eigenvalue weighted by Crippen LogP contribution is -2.24. The highest BCUT2D eigenvalue weighted by molar-refractivity contribution is 5.46. The van der Waals surface area contributed by atoms with Gasteiger partial charge in [0.1, 0.15) is 0 Å². The maximum absolute atomic E-state index is 8.84. The Labute approximate surface area is 105 Å². The van der Waals surface area contributed by atoms with E-state index in [1.165, 1.54) is 11.3 Å². The number of hydrogen-bond acceptors (Lipinski definition) is 2. The van der Waals surface area contributed by atoms with Crippen molar-refractivity contribution < 1.29 is 5.11 Å². The number of rotatable bonds is 7. The Morgan fingerprint density at radius 1 is 1.29 bits per heavy atom. The molecule has 0 bridgehead atoms. The zero-order valence-corrected chi connectivity index (χ0v) is 11.2. The fourth-order valence-electron chi connectivity index (χ4n) is 2.05. The summed E-state index contributed by atoms with van der Waals surface area (Å²) >= 11 is 0. The van der Waals surface area contributed by atoms with E-state index in [2.05, 4.69) is 50.4 Å². The predicted octanol–water partition coefficient (Wildman–Crippen LogP) is 3.46. The number of nitrogens with one attached hydrogen (secondary N) is 1. The van der Waals surface area contributed by atoms with Crippen LogP contribution < -0.4 is 5.32 Å². The molecule has 0 aliphatic rings. The van der Waals surface area contributed by atoms with Crippen LogP contribution in [0.2, 0.25) is 0 Å². The van der Waals surface area contributed by atoms with Crippen LogP contribution in [-0.4, -0.2) is 17.8 Å². The maximum Gasteiger partial charge on any atom is 0.0434 e. The van der Waals surface area contributed by atoms with E-state index in [0.29, 0.717) is 12.0 Å². The second kappa shape index (κ2) is 7.33. The van der Waals surface area contributed by atoms with E-state index >= 15 is 0 Å². The van der Waals surface area contributed by atoms with Gasteiger partial charge >= 0.3 is 0 Å². The van der Waals surface area contributed by atoms with Gasteiger partial charge in [-0.15, -0.1) is 0 Å². The van der Waals surface area contributed by atoms with Crippen LogP contribution >= 0.6 is 0 Å². The number of aliphatic hydroxyl groups is 1. The maximum atomic E-state index is 8.84. The van der Waals surface area contributed by atoms with E-state index < -0.39 is 0 Å². The molecule has 0 aliphatic heterocycles. The Morgan fingerprint density at radius 3 is 2.65 bits per heavy atom. The Bertz CT molecular complexity index is 322. The van der Waals surface area contributed by atoms with E-state index in [9.17, 15) is 0 Å². The molecule has 1 aromatic carbocycles. The molecule has 1 unspecified atom stereocenters. The van der Waals surface area contributed by atoms with Crippen LogP contribution in [0.1, 0.15) is 39.2 Å². The third-order valence-corrected chi connectivity index (χ3v) is 3.15. The van der Waals surface area contributed by atoms with Gasteiger partial charge in [-0.2, -0.15) is 0 Å². The number of anilines is 1. The van der Waals surface area contributed by atoms with Crippen LogP contribution in [-0.2, 0) is 6.42 Å². The summed E-state index contributed by atoms with van der Waals surface area (Å²) in [6, 6.07) is 9.05. The van der Waals surface area contributed by atoms with Crippen molar-refractivity contribution in [3.05, 3.63) is 29.8 Å². The van der Waals surface area contributed by atoms with E-state index in [4.69, 9.17) is 5.11 Å². The molecule has 0 heterocycles. The minimum absolute atomic E-state index is 0.265. The molecule has 0 amide bonds. The third kappa shape index (κ3) is 4.78. The minimum atomic E-state index is 0.265. The van der Waals surface area contributed by atoms with Crippen molar-refractivity contribution in [3.63, 3.8) is 0 Å². The van der Waals surface area contributed by atoms with Gasteiger partial charge in [-0.25, -0.2) is 0 Å². The molecule has 0 fully saturated rings. The Morgan fingerprint density at radius 2 is 2.06 bits per heavy atom. The van der Waals surface area contributed by atoms with Gasteiger partial charge in [0.2, 0.25) is 0 Å². The second-order valence-corrected chi connectivity index (χ2v) is 4.93. The molecule has 0 saturated heterocycles. The van der Waals surface area contributed by atoms with Crippen molar-refractivity contribution in [2.75, 3.05) is 11.9 Å². The molecule has 1 aromatic rings. The van der Waals surface area contributed by atoms with Crippen LogP contribution in [0.5, 0.6) is 0 Å². The number of hydrogen-bond donors (Lipinski definition) is 2. The number of benzene rings is 1. The van der Waals surface area contributed by atoms with Crippen LogP contribution in [0.25, 0.3) is 0 Å². The number of aliphatic hydroxyl groups excluding tert-OH is 1. The minimum Gasteiger partial charge on any atom is -0.396 e.